The Bertz CT molecular complexity index is 1220. The van der Waals surface area contributed by atoms with Gasteiger partial charge in [0.1, 0.15) is 0 Å². The van der Waals surface area contributed by atoms with Gasteiger partial charge >= 0.3 is 5.97 Å². The van der Waals surface area contributed by atoms with E-state index in [4.69, 9.17) is 4.74 Å². The van der Waals surface area contributed by atoms with E-state index < -0.39 is 12.1 Å². The van der Waals surface area contributed by atoms with Crippen LogP contribution < -0.4 is 5.32 Å². The van der Waals surface area contributed by atoms with Crippen molar-refractivity contribution >= 4 is 11.9 Å². The molecule has 0 spiro atoms. The first kappa shape index (κ1) is 76.3. The van der Waals surface area contributed by atoms with E-state index in [1.165, 1.54) is 308 Å². The van der Waals surface area contributed by atoms with Gasteiger partial charge in [0.2, 0.25) is 5.91 Å². The highest BCUT2D eigenvalue weighted by Gasteiger charge is 2.20. The van der Waals surface area contributed by atoms with Crippen LogP contribution in [0.5, 0.6) is 0 Å². The van der Waals surface area contributed by atoms with Crippen molar-refractivity contribution in [2.45, 2.75) is 411 Å². The fourth-order valence-corrected chi connectivity index (χ4v) is 11.3. The number of ether oxygens (including phenoxy) is 1. The average molecular weight is 1100 g/mol. The molecule has 462 valence electrons. The highest BCUT2D eigenvalue weighted by Crippen LogP contribution is 2.19. The van der Waals surface area contributed by atoms with Gasteiger partial charge in [0.25, 0.3) is 0 Å². The molecule has 0 aromatic heterocycles. The van der Waals surface area contributed by atoms with Gasteiger partial charge in [0, 0.05) is 12.8 Å². The molecular weight excluding hydrogens is 959 g/mol. The largest absolute Gasteiger partial charge is 0.466 e. The van der Waals surface area contributed by atoms with Gasteiger partial charge in [0.05, 0.1) is 25.4 Å². The molecule has 1 amide bonds. The van der Waals surface area contributed by atoms with Crippen molar-refractivity contribution in [2.75, 3.05) is 13.2 Å². The number of amides is 1. The van der Waals surface area contributed by atoms with Crippen LogP contribution in [0.4, 0.5) is 0 Å². The van der Waals surface area contributed by atoms with E-state index in [-0.39, 0.29) is 18.5 Å². The van der Waals surface area contributed by atoms with E-state index in [1.54, 1.807) is 0 Å². The molecule has 0 aliphatic heterocycles. The normalized spacial score (nSPS) is 12.6. The molecule has 2 unspecified atom stereocenters. The van der Waals surface area contributed by atoms with Crippen LogP contribution in [0.25, 0.3) is 0 Å². The lowest BCUT2D eigenvalue weighted by Crippen LogP contribution is -2.45. The maximum atomic E-state index is 12.5. The van der Waals surface area contributed by atoms with Gasteiger partial charge in [-0.05, 0) is 77.0 Å². The van der Waals surface area contributed by atoms with Crippen molar-refractivity contribution in [3.05, 3.63) is 24.3 Å². The SMILES string of the molecule is CCCCCCCC/C=C\CCCCCCCCCCCC(=O)OCCCCCCCCCCC/C=C\CCCCCCCC(=O)NC(CO)C(O)CCCCCCCCCCCCCCCCCCCCCCCCCC. The zero-order chi connectivity index (χ0) is 56.4. The highest BCUT2D eigenvalue weighted by atomic mass is 16.5. The Kier molecular flexibility index (Phi) is 66.4. The number of esters is 1. The zero-order valence-corrected chi connectivity index (χ0v) is 52.9. The van der Waals surface area contributed by atoms with E-state index in [0.29, 0.717) is 25.9 Å². The molecule has 0 aromatic carbocycles. The fourth-order valence-electron chi connectivity index (χ4n) is 11.3. The first-order chi connectivity index (χ1) is 38.5. The second-order valence-electron chi connectivity index (χ2n) is 24.6. The number of aliphatic hydroxyl groups is 2. The number of carbonyl (C=O) groups is 2. The number of hydrogen-bond acceptors (Lipinski definition) is 5. The molecule has 0 aliphatic carbocycles. The minimum absolute atomic E-state index is 0.00379. The summed E-state index contributed by atoms with van der Waals surface area (Å²) in [6.45, 7) is 4.97. The standard InChI is InChI=1S/C72H139NO5/c1-3-5-7-9-11-13-15-17-19-21-23-24-25-26-27-29-32-36-40-44-48-52-56-60-64-70(75)69(68-74)73-71(76)65-61-57-53-49-45-41-37-33-30-31-35-39-43-47-51-55-59-63-67-78-72(77)66-62-58-54-50-46-42-38-34-28-22-20-18-16-14-12-10-8-6-4-2/h18,20,33,37,69-70,74-75H,3-17,19,21-32,34-36,38-68H2,1-2H3,(H,73,76)/b20-18-,37-33-. The van der Waals surface area contributed by atoms with E-state index in [9.17, 15) is 19.8 Å². The van der Waals surface area contributed by atoms with Crippen molar-refractivity contribution in [2.24, 2.45) is 0 Å². The van der Waals surface area contributed by atoms with Gasteiger partial charge in [0.15, 0.2) is 0 Å². The van der Waals surface area contributed by atoms with Gasteiger partial charge in [-0.15, -0.1) is 0 Å². The number of carbonyl (C=O) groups excluding carboxylic acids is 2. The Balaban J connectivity index is 3.42. The molecule has 0 radical (unpaired) electrons. The summed E-state index contributed by atoms with van der Waals surface area (Å²) in [7, 11) is 0. The van der Waals surface area contributed by atoms with Gasteiger partial charge in [-0.1, -0.05) is 334 Å². The first-order valence-electron chi connectivity index (χ1n) is 35.6. The molecule has 2 atom stereocenters. The third-order valence-corrected chi connectivity index (χ3v) is 16.7. The molecule has 0 rings (SSSR count). The van der Waals surface area contributed by atoms with Crippen LogP contribution >= 0.6 is 0 Å². The van der Waals surface area contributed by atoms with Crippen LogP contribution in [-0.4, -0.2) is 47.4 Å². The Morgan fingerprint density at radius 3 is 0.910 bits per heavy atom. The number of hydrogen-bond donors (Lipinski definition) is 3. The van der Waals surface area contributed by atoms with Crippen LogP contribution in [0, 0.1) is 0 Å². The summed E-state index contributed by atoms with van der Waals surface area (Å²) in [5.74, 6) is -0.0409. The highest BCUT2D eigenvalue weighted by molar-refractivity contribution is 5.76. The predicted octanol–water partition coefficient (Wildman–Crippen LogP) is 22.9. The van der Waals surface area contributed by atoms with E-state index >= 15 is 0 Å². The molecule has 0 aliphatic rings. The molecule has 0 heterocycles. The predicted molar refractivity (Wildman–Crippen MR) is 343 cm³/mol. The summed E-state index contributed by atoms with van der Waals surface area (Å²) in [5, 5.41) is 23.4. The van der Waals surface area contributed by atoms with Crippen LogP contribution in [-0.2, 0) is 14.3 Å². The lowest BCUT2D eigenvalue weighted by Gasteiger charge is -2.22. The maximum absolute atomic E-state index is 12.5. The molecule has 0 saturated heterocycles. The summed E-state index contributed by atoms with van der Waals surface area (Å²) < 4.78 is 5.50. The summed E-state index contributed by atoms with van der Waals surface area (Å²) in [4.78, 5) is 24.7. The van der Waals surface area contributed by atoms with Crippen molar-refractivity contribution < 1.29 is 24.5 Å². The van der Waals surface area contributed by atoms with Gasteiger partial charge in [-0.2, -0.15) is 0 Å². The molecule has 0 aromatic rings. The van der Waals surface area contributed by atoms with Crippen LogP contribution in [0.2, 0.25) is 0 Å². The molecule has 0 saturated carbocycles. The van der Waals surface area contributed by atoms with Crippen LogP contribution in [0.15, 0.2) is 24.3 Å². The van der Waals surface area contributed by atoms with E-state index in [0.717, 1.165) is 57.8 Å². The summed E-state index contributed by atoms with van der Waals surface area (Å²) in [5.41, 5.74) is 0. The van der Waals surface area contributed by atoms with E-state index in [1.807, 2.05) is 0 Å². The topological polar surface area (TPSA) is 95.9 Å². The lowest BCUT2D eigenvalue weighted by molar-refractivity contribution is -0.143. The Labute approximate surface area is 488 Å². The van der Waals surface area contributed by atoms with Crippen molar-refractivity contribution in [3.8, 4) is 0 Å². The van der Waals surface area contributed by atoms with Crippen molar-refractivity contribution in [3.63, 3.8) is 0 Å². The number of unbranched alkanes of at least 4 members (excludes halogenated alkanes) is 52. The van der Waals surface area contributed by atoms with Crippen molar-refractivity contribution in [1.29, 1.82) is 0 Å². The van der Waals surface area contributed by atoms with Crippen LogP contribution in [0.1, 0.15) is 399 Å². The smallest absolute Gasteiger partial charge is 0.305 e. The Hall–Kier alpha value is -1.66. The molecule has 6 nitrogen and oxygen atoms in total. The molecule has 0 bridgehead atoms. The van der Waals surface area contributed by atoms with Crippen LogP contribution in [0.3, 0.4) is 0 Å². The quantitative estimate of drug-likeness (QED) is 0.0320. The average Bonchev–Trinajstić information content (AvgIpc) is 3.44. The third kappa shape index (κ3) is 63.5. The zero-order valence-electron chi connectivity index (χ0n) is 52.9. The first-order valence-corrected chi connectivity index (χ1v) is 35.6. The number of nitrogens with one attached hydrogen (secondary N) is 1. The second kappa shape index (κ2) is 67.8. The molecular formula is C72H139NO5. The van der Waals surface area contributed by atoms with E-state index in [2.05, 4.69) is 43.5 Å². The number of rotatable bonds is 67. The lowest BCUT2D eigenvalue weighted by atomic mass is 10.0. The minimum atomic E-state index is -0.675. The molecule has 0 fully saturated rings. The monoisotopic (exact) mass is 1100 g/mol. The van der Waals surface area contributed by atoms with Gasteiger partial charge in [-0.25, -0.2) is 0 Å². The number of aliphatic hydroxyl groups excluding tert-OH is 2. The third-order valence-electron chi connectivity index (χ3n) is 16.7. The fraction of sp³-hybridized carbons (Fsp3) is 0.917. The van der Waals surface area contributed by atoms with Gasteiger partial charge in [-0.3, -0.25) is 9.59 Å². The van der Waals surface area contributed by atoms with Crippen molar-refractivity contribution in [1.82, 2.24) is 5.32 Å². The number of allylic oxidation sites excluding steroid dienone is 4. The minimum Gasteiger partial charge on any atom is -0.466 e. The van der Waals surface area contributed by atoms with Gasteiger partial charge < -0.3 is 20.3 Å². The molecule has 6 heteroatoms. The maximum Gasteiger partial charge on any atom is 0.305 e. The second-order valence-corrected chi connectivity index (χ2v) is 24.6. The Morgan fingerprint density at radius 1 is 0.346 bits per heavy atom. The summed E-state index contributed by atoms with van der Waals surface area (Å²) >= 11 is 0. The molecule has 78 heavy (non-hydrogen) atoms. The summed E-state index contributed by atoms with van der Waals surface area (Å²) in [6, 6.07) is -0.553. The summed E-state index contributed by atoms with van der Waals surface area (Å²) in [6.07, 6.45) is 85.0. The Morgan fingerprint density at radius 2 is 0.603 bits per heavy atom. The molecule has 3 N–H and O–H groups in total.